The van der Waals surface area contributed by atoms with E-state index >= 15 is 0 Å². The van der Waals surface area contributed by atoms with Gasteiger partial charge in [-0.1, -0.05) is 0 Å². The van der Waals surface area contributed by atoms with Crippen LogP contribution in [0.3, 0.4) is 0 Å². The van der Waals surface area contributed by atoms with Crippen LogP contribution in [-0.2, 0) is 5.11 Å². The van der Waals surface area contributed by atoms with Crippen LogP contribution in [0.15, 0.2) is 0 Å². The van der Waals surface area contributed by atoms with Crippen molar-refractivity contribution in [3.8, 4) is 0 Å². The van der Waals surface area contributed by atoms with E-state index in [1.807, 2.05) is 0 Å². The lowest BCUT2D eigenvalue weighted by Crippen LogP contribution is -2.35. The van der Waals surface area contributed by atoms with Gasteiger partial charge in [0.1, 0.15) is 0 Å². The summed E-state index contributed by atoms with van der Waals surface area (Å²) in [5, 5.41) is 22.5. The normalized spacial score (nSPS) is 32.2. The summed E-state index contributed by atoms with van der Waals surface area (Å²) in [4.78, 5) is 0. The zero-order valence-corrected chi connectivity index (χ0v) is 6.75. The summed E-state index contributed by atoms with van der Waals surface area (Å²) in [6, 6.07) is 0.479. The van der Waals surface area contributed by atoms with Gasteiger partial charge >= 0.3 is 0 Å². The number of rotatable bonds is 3. The van der Waals surface area contributed by atoms with E-state index in [-0.39, 0.29) is 12.7 Å². The van der Waals surface area contributed by atoms with E-state index in [0.717, 1.165) is 25.7 Å². The van der Waals surface area contributed by atoms with E-state index in [9.17, 15) is 5.11 Å². The molecule has 1 fully saturated rings. The van der Waals surface area contributed by atoms with E-state index in [4.69, 9.17) is 5.11 Å². The van der Waals surface area contributed by atoms with Crippen molar-refractivity contribution >= 4 is 0 Å². The predicted octanol–water partition coefficient (Wildman–Crippen LogP) is 0.310. The van der Waals surface area contributed by atoms with Crippen LogP contribution >= 0.6 is 0 Å². The third-order valence-electron chi connectivity index (χ3n) is 2.23. The first-order valence-corrected chi connectivity index (χ1v) is 4.32. The molecule has 1 aliphatic rings. The lowest BCUT2D eigenvalue weighted by atomic mass is 9.93. The summed E-state index contributed by atoms with van der Waals surface area (Å²) < 4.78 is 0. The number of nitrogens with one attached hydrogen (secondary N) is 1. The molecule has 65 valence electrons. The SMILES string of the molecule is [O]CCN[C@H]1CC[C@H](O)CC1. The first-order chi connectivity index (χ1) is 5.33. The van der Waals surface area contributed by atoms with Crippen molar-refractivity contribution in [3.63, 3.8) is 0 Å². The van der Waals surface area contributed by atoms with Crippen molar-refractivity contribution in [3.05, 3.63) is 0 Å². The van der Waals surface area contributed by atoms with Gasteiger partial charge in [0, 0.05) is 12.6 Å². The fourth-order valence-electron chi connectivity index (χ4n) is 1.54. The smallest absolute Gasteiger partial charge is 0.0946 e. The van der Waals surface area contributed by atoms with E-state index < -0.39 is 0 Å². The molecule has 0 saturated heterocycles. The molecule has 1 saturated carbocycles. The minimum atomic E-state index is -0.0969. The molecule has 0 spiro atoms. The minimum absolute atomic E-state index is 0.0426. The summed E-state index contributed by atoms with van der Waals surface area (Å²) in [5.74, 6) is 0. The fraction of sp³-hybridized carbons (Fsp3) is 1.00. The van der Waals surface area contributed by atoms with Crippen LogP contribution in [0.25, 0.3) is 0 Å². The van der Waals surface area contributed by atoms with Crippen LogP contribution in [0.2, 0.25) is 0 Å². The second-order valence-electron chi connectivity index (χ2n) is 3.16. The van der Waals surface area contributed by atoms with Crippen molar-refractivity contribution < 1.29 is 10.2 Å². The fourth-order valence-corrected chi connectivity index (χ4v) is 1.54. The standard InChI is InChI=1S/C8H16NO2/c10-6-5-9-7-1-3-8(11)4-2-7/h7-9,11H,1-6H2/t7-,8-. The highest BCUT2D eigenvalue weighted by Gasteiger charge is 2.17. The van der Waals surface area contributed by atoms with Gasteiger partial charge in [0.05, 0.1) is 12.7 Å². The number of aliphatic hydroxyl groups excluding tert-OH is 1. The molecule has 1 rings (SSSR count). The molecule has 3 nitrogen and oxygen atoms in total. The van der Waals surface area contributed by atoms with Gasteiger partial charge in [-0.3, -0.25) is 0 Å². The van der Waals surface area contributed by atoms with Gasteiger partial charge in [0.15, 0.2) is 0 Å². The monoisotopic (exact) mass is 158 g/mol. The average molecular weight is 158 g/mol. The molecule has 3 heteroatoms. The van der Waals surface area contributed by atoms with Crippen LogP contribution in [0.4, 0.5) is 0 Å². The quantitative estimate of drug-likeness (QED) is 0.621. The van der Waals surface area contributed by atoms with Gasteiger partial charge in [0.25, 0.3) is 0 Å². The highest BCUT2D eigenvalue weighted by molar-refractivity contribution is 4.75. The molecule has 0 bridgehead atoms. The molecule has 0 heterocycles. The van der Waals surface area contributed by atoms with Crippen LogP contribution in [0.1, 0.15) is 25.7 Å². The highest BCUT2D eigenvalue weighted by Crippen LogP contribution is 2.17. The van der Waals surface area contributed by atoms with Crippen LogP contribution in [-0.4, -0.2) is 30.4 Å². The van der Waals surface area contributed by atoms with Crippen molar-refractivity contribution in [1.82, 2.24) is 5.32 Å². The Morgan fingerprint density at radius 2 is 1.91 bits per heavy atom. The molecule has 0 aliphatic heterocycles. The molecular formula is C8H16NO2. The van der Waals surface area contributed by atoms with Crippen molar-refractivity contribution in [2.45, 2.75) is 37.8 Å². The topological polar surface area (TPSA) is 52.2 Å². The molecule has 2 N–H and O–H groups in total. The number of aliphatic hydroxyl groups is 1. The molecule has 1 radical (unpaired) electrons. The summed E-state index contributed by atoms with van der Waals surface area (Å²) in [6.07, 6.45) is 3.70. The molecule has 11 heavy (non-hydrogen) atoms. The van der Waals surface area contributed by atoms with Gasteiger partial charge in [-0.05, 0) is 25.7 Å². The van der Waals surface area contributed by atoms with E-state index in [0.29, 0.717) is 12.6 Å². The second-order valence-corrected chi connectivity index (χ2v) is 3.16. The predicted molar refractivity (Wildman–Crippen MR) is 41.8 cm³/mol. The third-order valence-corrected chi connectivity index (χ3v) is 2.23. The van der Waals surface area contributed by atoms with Gasteiger partial charge in [-0.25, -0.2) is 5.11 Å². The van der Waals surface area contributed by atoms with Crippen LogP contribution in [0, 0.1) is 0 Å². The zero-order chi connectivity index (χ0) is 8.10. The summed E-state index contributed by atoms with van der Waals surface area (Å²) in [5.41, 5.74) is 0. The molecule has 0 unspecified atom stereocenters. The van der Waals surface area contributed by atoms with Crippen molar-refractivity contribution in [2.75, 3.05) is 13.2 Å². The van der Waals surface area contributed by atoms with E-state index in [2.05, 4.69) is 5.32 Å². The first kappa shape index (κ1) is 8.97. The molecule has 0 aromatic rings. The maximum absolute atomic E-state index is 10.1. The molecule has 0 atom stereocenters. The van der Waals surface area contributed by atoms with Gasteiger partial charge in [-0.2, -0.15) is 0 Å². The van der Waals surface area contributed by atoms with Gasteiger partial charge in [-0.15, -0.1) is 0 Å². The third kappa shape index (κ3) is 3.18. The summed E-state index contributed by atoms with van der Waals surface area (Å²) >= 11 is 0. The Kier molecular flexibility index (Phi) is 3.83. The Morgan fingerprint density at radius 3 is 2.45 bits per heavy atom. The second kappa shape index (κ2) is 4.70. The maximum atomic E-state index is 10.1. The Morgan fingerprint density at radius 1 is 1.27 bits per heavy atom. The van der Waals surface area contributed by atoms with Crippen LogP contribution in [0.5, 0.6) is 0 Å². The lowest BCUT2D eigenvalue weighted by molar-refractivity contribution is 0.113. The lowest BCUT2D eigenvalue weighted by Gasteiger charge is -2.25. The maximum Gasteiger partial charge on any atom is 0.0946 e. The Labute approximate surface area is 67.4 Å². The summed E-state index contributed by atoms with van der Waals surface area (Å²) in [7, 11) is 0. The zero-order valence-electron chi connectivity index (χ0n) is 6.75. The molecule has 0 aromatic carbocycles. The largest absolute Gasteiger partial charge is 0.393 e. The first-order valence-electron chi connectivity index (χ1n) is 4.32. The Balaban J connectivity index is 2.07. The van der Waals surface area contributed by atoms with Gasteiger partial charge < -0.3 is 10.4 Å². The van der Waals surface area contributed by atoms with E-state index in [1.165, 1.54) is 0 Å². The highest BCUT2D eigenvalue weighted by atomic mass is 16.3. The molecule has 0 aromatic heterocycles. The Hall–Kier alpha value is -0.120. The minimum Gasteiger partial charge on any atom is -0.393 e. The number of hydrogen-bond acceptors (Lipinski definition) is 2. The van der Waals surface area contributed by atoms with Gasteiger partial charge in [0.2, 0.25) is 0 Å². The van der Waals surface area contributed by atoms with E-state index in [1.54, 1.807) is 0 Å². The van der Waals surface area contributed by atoms with Crippen LogP contribution < -0.4 is 5.32 Å². The molecule has 0 amide bonds. The Bertz CT molecular complexity index is 97.5. The molecule has 1 aliphatic carbocycles. The van der Waals surface area contributed by atoms with Crippen molar-refractivity contribution in [2.24, 2.45) is 0 Å². The summed E-state index contributed by atoms with van der Waals surface area (Å²) in [6.45, 7) is 0.528. The van der Waals surface area contributed by atoms with Crippen molar-refractivity contribution in [1.29, 1.82) is 0 Å². The molecular weight excluding hydrogens is 142 g/mol. The average Bonchev–Trinajstić information content (AvgIpc) is 2.04. The number of hydrogen-bond donors (Lipinski definition) is 2.